The molecule has 3 nitrogen and oxygen atoms in total. The zero-order chi connectivity index (χ0) is 16.6. The quantitative estimate of drug-likeness (QED) is 0.446. The lowest BCUT2D eigenvalue weighted by molar-refractivity contribution is 0.428. The molecule has 0 fully saturated rings. The summed E-state index contributed by atoms with van der Waals surface area (Å²) in [6, 6.07) is 7.76. The van der Waals surface area contributed by atoms with Crippen molar-refractivity contribution in [2.45, 2.75) is 6.92 Å². The number of hydrogen-bond acceptors (Lipinski definition) is 3. The van der Waals surface area contributed by atoms with Crippen LogP contribution in [0, 0.1) is 27.9 Å². The Morgan fingerprint density at radius 3 is 2.52 bits per heavy atom. The van der Waals surface area contributed by atoms with Gasteiger partial charge in [-0.15, -0.1) is 0 Å². The van der Waals surface area contributed by atoms with Crippen molar-refractivity contribution in [2.75, 3.05) is 5.32 Å². The molecule has 0 saturated heterocycles. The van der Waals surface area contributed by atoms with Crippen LogP contribution < -0.4 is 5.32 Å². The average molecular weight is 430 g/mol. The lowest BCUT2D eigenvalue weighted by Crippen LogP contribution is -2.03. The minimum atomic E-state index is -1.54. The predicted octanol–water partition coefficient (Wildman–Crippen LogP) is 5.42. The largest absolute Gasteiger partial charge is 0.356 e. The zero-order valence-corrected chi connectivity index (χ0v) is 14.0. The van der Waals surface area contributed by atoms with Gasteiger partial charge in [0, 0.05) is 20.9 Å². The Morgan fingerprint density at radius 2 is 1.87 bits per heavy atom. The van der Waals surface area contributed by atoms with E-state index in [9.17, 15) is 13.2 Å². The van der Waals surface area contributed by atoms with Gasteiger partial charge in [0.2, 0.25) is 0 Å². The van der Waals surface area contributed by atoms with Gasteiger partial charge in [-0.25, -0.2) is 13.2 Å². The third kappa shape index (κ3) is 3.05. The van der Waals surface area contributed by atoms with Crippen LogP contribution in [-0.4, -0.2) is 5.16 Å². The van der Waals surface area contributed by atoms with E-state index in [2.05, 4.69) is 33.1 Å². The molecule has 0 radical (unpaired) electrons. The first-order chi connectivity index (χ1) is 11.0. The van der Waals surface area contributed by atoms with Gasteiger partial charge in [-0.2, -0.15) is 0 Å². The van der Waals surface area contributed by atoms with E-state index in [4.69, 9.17) is 4.52 Å². The van der Waals surface area contributed by atoms with Crippen molar-refractivity contribution in [1.82, 2.24) is 5.16 Å². The summed E-state index contributed by atoms with van der Waals surface area (Å²) in [6.45, 7) is 1.83. The predicted molar refractivity (Wildman–Crippen MR) is 89.0 cm³/mol. The van der Waals surface area contributed by atoms with Crippen molar-refractivity contribution < 1.29 is 17.7 Å². The fraction of sp³-hybridized carbons (Fsp3) is 0.0625. The van der Waals surface area contributed by atoms with Crippen molar-refractivity contribution in [3.63, 3.8) is 0 Å². The van der Waals surface area contributed by atoms with Crippen molar-refractivity contribution in [1.29, 1.82) is 0 Å². The fourth-order valence-corrected chi connectivity index (χ4v) is 2.82. The van der Waals surface area contributed by atoms with E-state index in [1.54, 1.807) is 6.07 Å². The molecule has 3 rings (SSSR count). The molecule has 3 aromatic rings. The first-order valence-electron chi connectivity index (χ1n) is 6.59. The molecule has 1 heterocycles. The highest BCUT2D eigenvalue weighted by Crippen LogP contribution is 2.36. The zero-order valence-electron chi connectivity index (χ0n) is 11.8. The molecular formula is C16H10F3IN2O. The smallest absolute Gasteiger partial charge is 0.196 e. The molecule has 0 saturated carbocycles. The van der Waals surface area contributed by atoms with E-state index in [1.165, 1.54) is 12.3 Å². The maximum Gasteiger partial charge on any atom is 0.196 e. The van der Waals surface area contributed by atoms with Gasteiger partial charge >= 0.3 is 0 Å². The van der Waals surface area contributed by atoms with Gasteiger partial charge in [-0.3, -0.25) is 0 Å². The van der Waals surface area contributed by atoms with Crippen LogP contribution in [0.4, 0.5) is 24.5 Å². The number of halogens is 4. The normalized spacial score (nSPS) is 10.8. The molecule has 0 aliphatic rings. The van der Waals surface area contributed by atoms with Crippen LogP contribution in [0.1, 0.15) is 5.56 Å². The summed E-state index contributed by atoms with van der Waals surface area (Å²) < 4.78 is 47.4. The van der Waals surface area contributed by atoms with E-state index >= 15 is 0 Å². The summed E-state index contributed by atoms with van der Waals surface area (Å²) in [4.78, 5) is 0. The molecule has 0 bridgehead atoms. The Morgan fingerprint density at radius 1 is 1.09 bits per heavy atom. The molecule has 0 spiro atoms. The van der Waals surface area contributed by atoms with E-state index < -0.39 is 17.5 Å². The second-order valence-electron chi connectivity index (χ2n) is 4.87. The Hall–Kier alpha value is -2.03. The van der Waals surface area contributed by atoms with Crippen molar-refractivity contribution in [3.05, 3.63) is 63.1 Å². The number of aromatic nitrogens is 1. The standard InChI is InChI=1S/C16H10F3IN2O/c1-8-6-9(20)2-3-12(8)22-16-10(13-4-5-21-23-13)7-11(17)14(18)15(16)19/h2-7,22H,1H3. The van der Waals surface area contributed by atoms with Crippen LogP contribution >= 0.6 is 22.6 Å². The van der Waals surface area contributed by atoms with Gasteiger partial charge in [0.05, 0.1) is 11.9 Å². The molecule has 7 heteroatoms. The number of benzene rings is 2. The summed E-state index contributed by atoms with van der Waals surface area (Å²) >= 11 is 2.15. The second-order valence-corrected chi connectivity index (χ2v) is 6.12. The fourth-order valence-electron chi connectivity index (χ4n) is 2.17. The van der Waals surface area contributed by atoms with Crippen molar-refractivity contribution in [3.8, 4) is 11.3 Å². The first-order valence-corrected chi connectivity index (χ1v) is 7.67. The molecule has 0 amide bonds. The molecule has 0 aliphatic carbocycles. The molecule has 0 unspecified atom stereocenters. The number of anilines is 2. The van der Waals surface area contributed by atoms with Gasteiger partial charge in [-0.05, 0) is 59.3 Å². The van der Waals surface area contributed by atoms with E-state index in [1.807, 2.05) is 19.1 Å². The summed E-state index contributed by atoms with van der Waals surface area (Å²) in [5.41, 5.74) is 1.27. The van der Waals surface area contributed by atoms with Crippen LogP contribution in [0.2, 0.25) is 0 Å². The Bertz CT molecular complexity index is 866. The second kappa shape index (κ2) is 6.23. The van der Waals surface area contributed by atoms with Gasteiger partial charge < -0.3 is 9.84 Å². The third-order valence-electron chi connectivity index (χ3n) is 3.31. The van der Waals surface area contributed by atoms with E-state index in [-0.39, 0.29) is 17.0 Å². The molecule has 2 aromatic carbocycles. The van der Waals surface area contributed by atoms with Gasteiger partial charge in [-0.1, -0.05) is 5.16 Å². The minimum Gasteiger partial charge on any atom is -0.356 e. The number of aryl methyl sites for hydroxylation is 1. The van der Waals surface area contributed by atoms with Gasteiger partial charge in [0.25, 0.3) is 0 Å². The number of rotatable bonds is 3. The Balaban J connectivity index is 2.15. The lowest BCUT2D eigenvalue weighted by atomic mass is 10.1. The van der Waals surface area contributed by atoms with Crippen LogP contribution in [-0.2, 0) is 0 Å². The molecule has 1 aromatic heterocycles. The topological polar surface area (TPSA) is 38.1 Å². The maximum atomic E-state index is 14.3. The van der Waals surface area contributed by atoms with Crippen molar-refractivity contribution in [2.24, 2.45) is 0 Å². The lowest BCUT2D eigenvalue weighted by Gasteiger charge is -2.14. The van der Waals surface area contributed by atoms with Crippen LogP contribution in [0.15, 0.2) is 41.1 Å². The number of nitrogens with zero attached hydrogens (tertiary/aromatic N) is 1. The Kier molecular flexibility index (Phi) is 4.29. The van der Waals surface area contributed by atoms with Crippen LogP contribution in [0.3, 0.4) is 0 Å². The maximum absolute atomic E-state index is 14.3. The third-order valence-corrected chi connectivity index (χ3v) is 3.98. The summed E-state index contributed by atoms with van der Waals surface area (Å²) in [7, 11) is 0. The first kappa shape index (κ1) is 15.9. The summed E-state index contributed by atoms with van der Waals surface area (Å²) in [5.74, 6) is -4.01. The summed E-state index contributed by atoms with van der Waals surface area (Å²) in [6.07, 6.45) is 1.34. The van der Waals surface area contributed by atoms with E-state index in [0.717, 1.165) is 15.2 Å². The summed E-state index contributed by atoms with van der Waals surface area (Å²) in [5, 5.41) is 6.34. The highest BCUT2D eigenvalue weighted by Gasteiger charge is 2.22. The molecular weight excluding hydrogens is 420 g/mol. The molecule has 1 N–H and O–H groups in total. The Labute approximate surface area is 143 Å². The monoisotopic (exact) mass is 430 g/mol. The highest BCUT2D eigenvalue weighted by atomic mass is 127. The molecule has 23 heavy (non-hydrogen) atoms. The number of nitrogens with one attached hydrogen (secondary N) is 1. The van der Waals surface area contributed by atoms with E-state index in [0.29, 0.717) is 5.69 Å². The van der Waals surface area contributed by atoms with Crippen LogP contribution in [0.25, 0.3) is 11.3 Å². The number of hydrogen-bond donors (Lipinski definition) is 1. The van der Waals surface area contributed by atoms with Gasteiger partial charge in [0.15, 0.2) is 23.2 Å². The van der Waals surface area contributed by atoms with Crippen molar-refractivity contribution >= 4 is 34.0 Å². The van der Waals surface area contributed by atoms with Gasteiger partial charge in [0.1, 0.15) is 0 Å². The molecule has 0 atom stereocenters. The van der Waals surface area contributed by atoms with Crippen LogP contribution in [0.5, 0.6) is 0 Å². The SMILES string of the molecule is Cc1cc(I)ccc1Nc1c(-c2ccno2)cc(F)c(F)c1F. The highest BCUT2D eigenvalue weighted by molar-refractivity contribution is 14.1. The molecule has 0 aliphatic heterocycles. The average Bonchev–Trinajstić information content (AvgIpc) is 3.04. The minimum absolute atomic E-state index is 0.0526. The molecule has 118 valence electrons.